The minimum absolute atomic E-state index is 0.0398. The molecule has 0 heterocycles. The van der Waals surface area contributed by atoms with Gasteiger partial charge in [-0.3, -0.25) is 9.59 Å². The van der Waals surface area contributed by atoms with E-state index < -0.39 is 17.3 Å². The molecule has 0 saturated heterocycles. The fraction of sp³-hybridized carbons (Fsp3) is 0.550. The van der Waals surface area contributed by atoms with Gasteiger partial charge in [0, 0.05) is 26.7 Å². The lowest BCUT2D eigenvalue weighted by atomic mass is 10.1. The molecule has 2 N–H and O–H groups in total. The van der Waals surface area contributed by atoms with Gasteiger partial charge in [-0.05, 0) is 38.5 Å². The van der Waals surface area contributed by atoms with Crippen LogP contribution >= 0.6 is 0 Å². The van der Waals surface area contributed by atoms with Gasteiger partial charge in [-0.2, -0.15) is 13.2 Å². The fourth-order valence-electron chi connectivity index (χ4n) is 2.38. The van der Waals surface area contributed by atoms with Crippen LogP contribution in [0.4, 0.5) is 13.2 Å². The molecule has 0 radical (unpaired) electrons. The van der Waals surface area contributed by atoms with Crippen molar-refractivity contribution < 1.29 is 22.8 Å². The highest BCUT2D eigenvalue weighted by molar-refractivity contribution is 5.89. The SMILES string of the molecule is CN(C)C(=O)CNC(=NCc1cccc(C(F)(F)F)c1)N(C)CC(=O)NC(C)(C)C. The number of nitrogens with one attached hydrogen (secondary N) is 2. The van der Waals surface area contributed by atoms with Crippen LogP contribution in [0.1, 0.15) is 31.9 Å². The zero-order valence-corrected chi connectivity index (χ0v) is 18.2. The van der Waals surface area contributed by atoms with Gasteiger partial charge in [0.25, 0.3) is 0 Å². The summed E-state index contributed by atoms with van der Waals surface area (Å²) in [6.07, 6.45) is -4.44. The van der Waals surface area contributed by atoms with Gasteiger partial charge in [0.2, 0.25) is 11.8 Å². The lowest BCUT2D eigenvalue weighted by Gasteiger charge is -2.26. The average molecular weight is 429 g/mol. The summed E-state index contributed by atoms with van der Waals surface area (Å²) >= 11 is 0. The molecule has 0 aliphatic rings. The van der Waals surface area contributed by atoms with Crippen molar-refractivity contribution in [2.24, 2.45) is 4.99 Å². The van der Waals surface area contributed by atoms with E-state index in [4.69, 9.17) is 0 Å². The number of hydrogen-bond donors (Lipinski definition) is 2. The number of hydrogen-bond acceptors (Lipinski definition) is 3. The van der Waals surface area contributed by atoms with Crippen LogP contribution in [0.25, 0.3) is 0 Å². The van der Waals surface area contributed by atoms with Gasteiger partial charge in [0.15, 0.2) is 5.96 Å². The molecular formula is C20H30F3N5O2. The number of nitrogens with zero attached hydrogens (tertiary/aromatic N) is 3. The van der Waals surface area contributed by atoms with Crippen LogP contribution in [0.5, 0.6) is 0 Å². The second-order valence-electron chi connectivity index (χ2n) is 8.13. The summed E-state index contributed by atoms with van der Waals surface area (Å²) in [6, 6.07) is 4.87. The number of likely N-dealkylation sites (N-methyl/N-ethyl adjacent to an activating group) is 2. The predicted molar refractivity (Wildman–Crippen MR) is 110 cm³/mol. The van der Waals surface area contributed by atoms with Gasteiger partial charge in [-0.25, -0.2) is 4.99 Å². The maximum atomic E-state index is 12.9. The molecule has 0 saturated carbocycles. The monoisotopic (exact) mass is 429 g/mol. The molecule has 0 aliphatic carbocycles. The number of amides is 2. The maximum Gasteiger partial charge on any atom is 0.416 e. The summed E-state index contributed by atoms with van der Waals surface area (Å²) in [5.41, 5.74) is -0.817. The van der Waals surface area contributed by atoms with Crippen LogP contribution in [0.15, 0.2) is 29.3 Å². The normalized spacial score (nSPS) is 12.4. The van der Waals surface area contributed by atoms with Gasteiger partial charge in [-0.1, -0.05) is 12.1 Å². The average Bonchev–Trinajstić information content (AvgIpc) is 2.59. The first-order valence-electron chi connectivity index (χ1n) is 9.36. The Labute approximate surface area is 175 Å². The number of alkyl halides is 3. The Morgan fingerprint density at radius 3 is 2.27 bits per heavy atom. The Balaban J connectivity index is 2.99. The quantitative estimate of drug-likeness (QED) is 0.536. The van der Waals surface area contributed by atoms with Crippen molar-refractivity contribution in [3.05, 3.63) is 35.4 Å². The molecule has 2 amide bonds. The third-order valence-corrected chi connectivity index (χ3v) is 3.82. The first-order chi connectivity index (χ1) is 13.7. The van der Waals surface area contributed by atoms with Crippen LogP contribution in [-0.4, -0.2) is 67.3 Å². The van der Waals surface area contributed by atoms with Gasteiger partial charge in [-0.15, -0.1) is 0 Å². The van der Waals surface area contributed by atoms with Crippen molar-refractivity contribution in [2.75, 3.05) is 34.2 Å². The van der Waals surface area contributed by atoms with E-state index in [1.165, 1.54) is 21.9 Å². The Morgan fingerprint density at radius 1 is 1.10 bits per heavy atom. The van der Waals surface area contributed by atoms with Crippen molar-refractivity contribution in [3.8, 4) is 0 Å². The Bertz CT molecular complexity index is 770. The second-order valence-corrected chi connectivity index (χ2v) is 8.13. The van der Waals surface area contributed by atoms with Gasteiger partial charge >= 0.3 is 6.18 Å². The van der Waals surface area contributed by atoms with Crippen molar-refractivity contribution in [1.29, 1.82) is 0 Å². The van der Waals surface area contributed by atoms with Crippen LogP contribution in [-0.2, 0) is 22.3 Å². The third kappa shape index (κ3) is 9.15. The number of benzene rings is 1. The minimum atomic E-state index is -4.44. The van der Waals surface area contributed by atoms with Crippen molar-refractivity contribution in [3.63, 3.8) is 0 Å². The van der Waals surface area contributed by atoms with E-state index in [1.54, 1.807) is 21.1 Å². The molecule has 30 heavy (non-hydrogen) atoms. The molecule has 0 fully saturated rings. The first kappa shape index (κ1) is 25.3. The predicted octanol–water partition coefficient (Wildman–Crippen LogP) is 2.09. The molecule has 0 unspecified atom stereocenters. The Morgan fingerprint density at radius 2 is 1.73 bits per heavy atom. The van der Waals surface area contributed by atoms with Crippen LogP contribution in [0.3, 0.4) is 0 Å². The van der Waals surface area contributed by atoms with E-state index in [0.29, 0.717) is 5.56 Å². The van der Waals surface area contributed by atoms with Crippen LogP contribution < -0.4 is 10.6 Å². The summed E-state index contributed by atoms with van der Waals surface area (Å²) < 4.78 is 38.7. The topological polar surface area (TPSA) is 77.0 Å². The highest BCUT2D eigenvalue weighted by atomic mass is 19.4. The van der Waals surface area contributed by atoms with E-state index in [9.17, 15) is 22.8 Å². The summed E-state index contributed by atoms with van der Waals surface area (Å²) in [7, 11) is 4.81. The number of carbonyl (C=O) groups excluding carboxylic acids is 2. The lowest BCUT2D eigenvalue weighted by molar-refractivity contribution is -0.137. The third-order valence-electron chi connectivity index (χ3n) is 3.82. The molecule has 0 spiro atoms. The Hall–Kier alpha value is -2.78. The summed E-state index contributed by atoms with van der Waals surface area (Å²) in [6.45, 7) is 5.39. The zero-order chi connectivity index (χ0) is 23.1. The molecule has 168 valence electrons. The highest BCUT2D eigenvalue weighted by Gasteiger charge is 2.30. The van der Waals surface area contributed by atoms with Crippen LogP contribution in [0, 0.1) is 0 Å². The molecule has 1 aromatic carbocycles. The first-order valence-corrected chi connectivity index (χ1v) is 9.36. The number of aliphatic imine (C=N–C) groups is 1. The molecule has 10 heteroatoms. The summed E-state index contributed by atoms with van der Waals surface area (Å²) in [5, 5.41) is 5.69. The maximum absolute atomic E-state index is 12.9. The fourth-order valence-corrected chi connectivity index (χ4v) is 2.38. The molecule has 1 aromatic rings. The summed E-state index contributed by atoms with van der Waals surface area (Å²) in [4.78, 5) is 31.3. The molecule has 1 rings (SSSR count). The minimum Gasteiger partial charge on any atom is -0.350 e. The second kappa shape index (κ2) is 10.3. The number of rotatable bonds is 6. The van der Waals surface area contributed by atoms with Crippen molar-refractivity contribution in [1.82, 2.24) is 20.4 Å². The van der Waals surface area contributed by atoms with E-state index in [1.807, 2.05) is 20.8 Å². The van der Waals surface area contributed by atoms with E-state index >= 15 is 0 Å². The van der Waals surface area contributed by atoms with Gasteiger partial charge < -0.3 is 20.4 Å². The molecule has 7 nitrogen and oxygen atoms in total. The molecular weight excluding hydrogens is 399 g/mol. The molecule has 0 aliphatic heterocycles. The van der Waals surface area contributed by atoms with Gasteiger partial charge in [0.1, 0.15) is 0 Å². The molecule has 0 bridgehead atoms. The zero-order valence-electron chi connectivity index (χ0n) is 18.2. The molecule has 0 aromatic heterocycles. The van der Waals surface area contributed by atoms with Gasteiger partial charge in [0.05, 0.1) is 25.2 Å². The number of guanidine groups is 1. The number of halogens is 3. The number of carbonyl (C=O) groups is 2. The molecule has 0 atom stereocenters. The lowest BCUT2D eigenvalue weighted by Crippen LogP contribution is -2.50. The Kier molecular flexibility index (Phi) is 8.68. The van der Waals surface area contributed by atoms with E-state index in [0.717, 1.165) is 12.1 Å². The van der Waals surface area contributed by atoms with E-state index in [-0.39, 0.29) is 37.4 Å². The van der Waals surface area contributed by atoms with Crippen LogP contribution in [0.2, 0.25) is 0 Å². The smallest absolute Gasteiger partial charge is 0.350 e. The highest BCUT2D eigenvalue weighted by Crippen LogP contribution is 2.29. The van der Waals surface area contributed by atoms with Crippen molar-refractivity contribution in [2.45, 2.75) is 39.0 Å². The van der Waals surface area contributed by atoms with Crippen molar-refractivity contribution >= 4 is 17.8 Å². The largest absolute Gasteiger partial charge is 0.416 e. The summed E-state index contributed by atoms with van der Waals surface area (Å²) in [5.74, 6) is -0.238. The standard InChI is InChI=1S/C20H30F3N5O2/c1-19(2,3)26-16(29)13-28(6)18(25-12-17(30)27(4)5)24-11-14-8-7-9-15(10-14)20(21,22)23/h7-10H,11-13H2,1-6H3,(H,24,25)(H,26,29). The van der Waals surface area contributed by atoms with E-state index in [2.05, 4.69) is 15.6 Å².